The number of hydrogen-bond donors (Lipinski definition) is 4. The van der Waals surface area contributed by atoms with Crippen molar-refractivity contribution in [3.8, 4) is 11.5 Å². The van der Waals surface area contributed by atoms with Gasteiger partial charge in [0.2, 0.25) is 0 Å². The van der Waals surface area contributed by atoms with Gasteiger partial charge in [0.15, 0.2) is 0 Å². The molecule has 11 nitrogen and oxygen atoms in total. The number of nitro benzene ring substituents is 1. The van der Waals surface area contributed by atoms with Crippen molar-refractivity contribution in [1.29, 1.82) is 0 Å². The highest BCUT2D eigenvalue weighted by Gasteiger charge is 2.58. The van der Waals surface area contributed by atoms with Crippen LogP contribution in [0.4, 0.5) is 16.2 Å². The van der Waals surface area contributed by atoms with Crippen LogP contribution in [-0.2, 0) is 18.5 Å². The van der Waals surface area contributed by atoms with Gasteiger partial charge in [-0.15, -0.1) is 0 Å². The van der Waals surface area contributed by atoms with Gasteiger partial charge in [-0.05, 0) is 70.1 Å². The van der Waals surface area contributed by atoms with Crippen LogP contribution >= 0.6 is 15.9 Å². The zero-order valence-corrected chi connectivity index (χ0v) is 26.0. The molecule has 4 atom stereocenters. The molecule has 4 N–H and O–H groups in total. The summed E-state index contributed by atoms with van der Waals surface area (Å²) in [5.74, 6) is 1.36. The van der Waals surface area contributed by atoms with Crippen LogP contribution in [0, 0.1) is 16.0 Å². The number of allylic oxidation sites excluding steroid dienone is 1. The van der Waals surface area contributed by atoms with Crippen molar-refractivity contribution in [3.63, 3.8) is 0 Å². The molecule has 12 heteroatoms. The number of nitro groups is 1. The highest BCUT2D eigenvalue weighted by atomic mass is 79.9. The predicted octanol–water partition coefficient (Wildman–Crippen LogP) is 5.38. The van der Waals surface area contributed by atoms with Crippen molar-refractivity contribution in [1.82, 2.24) is 15.6 Å². The molecule has 0 saturated heterocycles. The number of halogens is 1. The maximum Gasteiger partial charge on any atom is 0.318 e. The number of hydrogen-bond acceptors (Lipinski definition) is 8. The molecule has 2 amide bonds. The Hall–Kier alpha value is -4.29. The first-order valence-corrected chi connectivity index (χ1v) is 15.3. The summed E-state index contributed by atoms with van der Waals surface area (Å²) in [6, 6.07) is 17.2. The summed E-state index contributed by atoms with van der Waals surface area (Å²) >= 11 is 3.71. The van der Waals surface area contributed by atoms with Gasteiger partial charge in [-0.3, -0.25) is 10.1 Å². The van der Waals surface area contributed by atoms with Gasteiger partial charge in [0, 0.05) is 41.9 Å². The second-order valence-electron chi connectivity index (χ2n) is 11.5. The minimum absolute atomic E-state index is 0.0199. The molecule has 2 heterocycles. The summed E-state index contributed by atoms with van der Waals surface area (Å²) in [6.45, 7) is 2.65. The minimum Gasteiger partial charge on any atom is -0.495 e. The van der Waals surface area contributed by atoms with Crippen molar-refractivity contribution < 1.29 is 24.3 Å². The third-order valence-corrected chi connectivity index (χ3v) is 9.77. The summed E-state index contributed by atoms with van der Waals surface area (Å²) in [7, 11) is 1.60. The van der Waals surface area contributed by atoms with Gasteiger partial charge >= 0.3 is 6.03 Å². The van der Waals surface area contributed by atoms with Gasteiger partial charge in [0.25, 0.3) is 5.69 Å². The molecule has 0 saturated carbocycles. The number of benzene rings is 3. The zero-order chi connectivity index (χ0) is 31.0. The van der Waals surface area contributed by atoms with E-state index in [1.54, 1.807) is 24.1 Å². The van der Waals surface area contributed by atoms with E-state index in [1.165, 1.54) is 12.1 Å². The van der Waals surface area contributed by atoms with Crippen LogP contribution in [-0.4, -0.2) is 46.8 Å². The number of amides is 2. The number of anilines is 1. The number of nitrogens with one attached hydrogen (secondary N) is 3. The van der Waals surface area contributed by atoms with Crippen molar-refractivity contribution in [2.45, 2.75) is 50.4 Å². The molecule has 0 unspecified atom stereocenters. The molecule has 2 aliphatic heterocycles. The Bertz CT molecular complexity index is 1600. The number of aliphatic hydroxyl groups excluding tert-OH is 1. The van der Waals surface area contributed by atoms with Crippen LogP contribution in [0.5, 0.6) is 11.5 Å². The molecular formula is C32H34BrN5O6. The van der Waals surface area contributed by atoms with Crippen molar-refractivity contribution in [3.05, 3.63) is 104 Å². The minimum atomic E-state index is -0.514. The predicted molar refractivity (Wildman–Crippen MR) is 168 cm³/mol. The molecule has 6 rings (SSSR count). The smallest absolute Gasteiger partial charge is 0.318 e. The third-order valence-electron chi connectivity index (χ3n) is 9.02. The van der Waals surface area contributed by atoms with Crippen LogP contribution < -0.4 is 25.6 Å². The lowest BCUT2D eigenvalue weighted by molar-refractivity contribution is -0.384. The Kier molecular flexibility index (Phi) is 8.12. The molecular weight excluding hydrogens is 630 g/mol. The van der Waals surface area contributed by atoms with Gasteiger partial charge in [-0.2, -0.15) is 0 Å². The van der Waals surface area contributed by atoms with Crippen LogP contribution in [0.3, 0.4) is 0 Å². The Labute approximate surface area is 263 Å². The summed E-state index contributed by atoms with van der Waals surface area (Å²) in [4.78, 5) is 26.0. The summed E-state index contributed by atoms with van der Waals surface area (Å²) in [5, 5.41) is 24.8. The van der Waals surface area contributed by atoms with Gasteiger partial charge in [-0.1, -0.05) is 37.3 Å². The molecule has 0 fully saturated rings. The van der Waals surface area contributed by atoms with E-state index < -0.39 is 16.4 Å². The van der Waals surface area contributed by atoms with Crippen LogP contribution in [0.25, 0.3) is 0 Å². The van der Waals surface area contributed by atoms with Crippen LogP contribution in [0.1, 0.15) is 36.5 Å². The Balaban J connectivity index is 1.32. The quantitative estimate of drug-likeness (QED) is 0.186. The lowest BCUT2D eigenvalue weighted by Crippen LogP contribution is -2.52. The average Bonchev–Trinajstić information content (AvgIpc) is 3.29. The van der Waals surface area contributed by atoms with E-state index in [9.17, 15) is 20.0 Å². The molecule has 1 aliphatic carbocycles. The number of non-ortho nitro benzene ring substituents is 1. The lowest BCUT2D eigenvalue weighted by atomic mass is 9.60. The first-order chi connectivity index (χ1) is 21.2. The summed E-state index contributed by atoms with van der Waals surface area (Å²) in [5.41, 5.74) is 10.5. The number of ether oxygens (including phenoxy) is 2. The van der Waals surface area contributed by atoms with E-state index >= 15 is 0 Å². The molecule has 1 spiro atoms. The van der Waals surface area contributed by atoms with Crippen molar-refractivity contribution in [2.24, 2.45) is 5.92 Å². The SMILES string of the molecule is COc1cc2c3c(c1Br)O[C@@H]1C=C(NNc4ccc([N+](=O)[O-])cc4)C[C@@H](C)[C@]31C[C@@H](CO)N(C(=O)NCc1ccccc1)C2. The van der Waals surface area contributed by atoms with Gasteiger partial charge in [0.1, 0.15) is 22.1 Å². The third kappa shape index (κ3) is 5.22. The largest absolute Gasteiger partial charge is 0.495 e. The van der Waals surface area contributed by atoms with Crippen LogP contribution in [0.15, 0.2) is 76.9 Å². The number of carbonyl (C=O) groups is 1. The standard InChI is InChI=1S/C32H34BrN5O6/c1-19-12-23(36-35-22-8-10-24(11-9-22)38(41)42)14-27-32(19)15-25(18-39)37(31(40)34-16-20-6-4-3-5-7-20)17-21-13-26(43-2)29(33)30(44-27)28(21)32/h3-11,13-14,19,25,27,35-36,39H,12,15-18H2,1-2H3,(H,34,40)/t19-,25+,27-,32+/m1/s1. The molecule has 0 bridgehead atoms. The first-order valence-electron chi connectivity index (χ1n) is 14.5. The van der Waals surface area contributed by atoms with Gasteiger partial charge in [0.05, 0.1) is 30.4 Å². The van der Waals surface area contributed by atoms with Crippen molar-refractivity contribution in [2.75, 3.05) is 19.1 Å². The van der Waals surface area contributed by atoms with E-state index in [0.29, 0.717) is 47.6 Å². The molecule has 44 heavy (non-hydrogen) atoms. The van der Waals surface area contributed by atoms with Crippen LogP contribution in [0.2, 0.25) is 0 Å². The first kappa shape index (κ1) is 29.8. The molecule has 230 valence electrons. The second-order valence-corrected chi connectivity index (χ2v) is 12.3. The second kappa shape index (κ2) is 12.0. The highest BCUT2D eigenvalue weighted by Crippen LogP contribution is 2.60. The van der Waals surface area contributed by atoms with E-state index in [4.69, 9.17) is 9.47 Å². The maximum absolute atomic E-state index is 13.7. The fourth-order valence-electron chi connectivity index (χ4n) is 6.82. The molecule has 0 radical (unpaired) electrons. The number of rotatable bonds is 8. The number of aliphatic hydroxyl groups is 1. The average molecular weight is 665 g/mol. The molecule has 3 aromatic carbocycles. The molecule has 3 aromatic rings. The van der Waals surface area contributed by atoms with E-state index in [-0.39, 0.29) is 30.3 Å². The number of hydrazine groups is 1. The number of urea groups is 1. The van der Waals surface area contributed by atoms with Gasteiger partial charge in [-0.25, -0.2) is 4.79 Å². The molecule has 0 aromatic heterocycles. The monoisotopic (exact) mass is 663 g/mol. The number of methoxy groups -OCH3 is 1. The fourth-order valence-corrected chi connectivity index (χ4v) is 7.39. The maximum atomic E-state index is 13.7. The Morgan fingerprint density at radius 1 is 1.20 bits per heavy atom. The number of nitrogens with zero attached hydrogens (tertiary/aromatic N) is 2. The lowest BCUT2D eigenvalue weighted by Gasteiger charge is -2.44. The Morgan fingerprint density at radius 3 is 2.64 bits per heavy atom. The summed E-state index contributed by atoms with van der Waals surface area (Å²) < 4.78 is 13.1. The fraction of sp³-hybridized carbons (Fsp3) is 0.344. The van der Waals surface area contributed by atoms with E-state index in [2.05, 4.69) is 45.1 Å². The highest BCUT2D eigenvalue weighted by molar-refractivity contribution is 9.10. The summed E-state index contributed by atoms with van der Waals surface area (Å²) in [6.07, 6.45) is 2.85. The van der Waals surface area contributed by atoms with E-state index in [1.807, 2.05) is 36.4 Å². The van der Waals surface area contributed by atoms with Gasteiger partial charge < -0.3 is 35.6 Å². The number of carbonyl (C=O) groups excluding carboxylic acids is 1. The molecule has 3 aliphatic rings. The zero-order valence-electron chi connectivity index (χ0n) is 24.4. The van der Waals surface area contributed by atoms with Crippen molar-refractivity contribution >= 4 is 33.3 Å². The Morgan fingerprint density at radius 2 is 1.95 bits per heavy atom. The van der Waals surface area contributed by atoms with E-state index in [0.717, 1.165) is 22.4 Å². The topological polar surface area (TPSA) is 138 Å². The normalized spacial score (nSPS) is 23.3.